The number of amides is 1. The van der Waals surface area contributed by atoms with Crippen LogP contribution in [-0.2, 0) is 16.1 Å². The van der Waals surface area contributed by atoms with Crippen molar-refractivity contribution in [2.24, 2.45) is 5.92 Å². The molecule has 1 aliphatic carbocycles. The van der Waals surface area contributed by atoms with Gasteiger partial charge in [-0.25, -0.2) is 0 Å². The number of aliphatic carboxylic acids is 1. The predicted molar refractivity (Wildman–Crippen MR) is 86.8 cm³/mol. The van der Waals surface area contributed by atoms with Crippen molar-refractivity contribution in [3.8, 4) is 11.5 Å². The van der Waals surface area contributed by atoms with E-state index in [0.717, 1.165) is 23.5 Å². The summed E-state index contributed by atoms with van der Waals surface area (Å²) in [6, 6.07) is 7.37. The topological polar surface area (TPSA) is 103 Å². The summed E-state index contributed by atoms with van der Waals surface area (Å²) in [5.41, 5.74) is 1.06. The summed E-state index contributed by atoms with van der Waals surface area (Å²) in [5, 5.41) is 15.5. The van der Waals surface area contributed by atoms with Crippen LogP contribution in [0.3, 0.4) is 0 Å². The van der Waals surface area contributed by atoms with E-state index in [0.29, 0.717) is 19.0 Å². The van der Waals surface area contributed by atoms with Gasteiger partial charge in [0.25, 0.3) is 0 Å². The van der Waals surface area contributed by atoms with Crippen LogP contribution in [0.5, 0.6) is 11.5 Å². The van der Waals surface area contributed by atoms with E-state index in [1.807, 2.05) is 18.2 Å². The number of hydrogen-bond donors (Lipinski definition) is 2. The molecule has 1 fully saturated rings. The van der Waals surface area contributed by atoms with Gasteiger partial charge >= 0.3 is 5.97 Å². The minimum absolute atomic E-state index is 0.111. The Morgan fingerprint density at radius 1 is 1.24 bits per heavy atom. The van der Waals surface area contributed by atoms with Crippen LogP contribution in [0.1, 0.15) is 17.9 Å². The lowest BCUT2D eigenvalue weighted by Crippen LogP contribution is -2.16. The Morgan fingerprint density at radius 3 is 2.84 bits per heavy atom. The lowest BCUT2D eigenvalue weighted by atomic mass is 10.1. The number of nitrogens with zero attached hydrogens (tertiary/aromatic N) is 2. The van der Waals surface area contributed by atoms with E-state index in [1.54, 1.807) is 6.07 Å². The zero-order valence-electron chi connectivity index (χ0n) is 13.3. The molecule has 0 bridgehead atoms. The number of ether oxygens (including phenoxy) is 2. The highest BCUT2D eigenvalue weighted by Gasteiger charge is 2.44. The van der Waals surface area contributed by atoms with Gasteiger partial charge in [-0.3, -0.25) is 14.3 Å². The molecule has 2 N–H and O–H groups in total. The SMILES string of the molecule is O=C(O)Cn1ccc(NC(=O)[C@@H]2C[C@@H]2c2ccc3c(c2)OCCO3)n1. The second-order valence-corrected chi connectivity index (χ2v) is 6.13. The molecule has 0 spiro atoms. The van der Waals surface area contributed by atoms with Gasteiger partial charge in [0.05, 0.1) is 0 Å². The fourth-order valence-corrected chi connectivity index (χ4v) is 3.02. The molecule has 130 valence electrons. The molecule has 0 radical (unpaired) electrons. The van der Waals surface area contributed by atoms with E-state index in [1.165, 1.54) is 10.9 Å². The average molecular weight is 343 g/mol. The third kappa shape index (κ3) is 3.28. The average Bonchev–Trinajstić information content (AvgIpc) is 3.29. The van der Waals surface area contributed by atoms with Gasteiger partial charge < -0.3 is 19.9 Å². The summed E-state index contributed by atoms with van der Waals surface area (Å²) in [5.74, 6) is 0.758. The maximum absolute atomic E-state index is 12.3. The van der Waals surface area contributed by atoms with E-state index in [2.05, 4.69) is 10.4 Å². The van der Waals surface area contributed by atoms with Crippen LogP contribution in [0, 0.1) is 5.92 Å². The van der Waals surface area contributed by atoms with Crippen molar-refractivity contribution in [3.63, 3.8) is 0 Å². The first-order valence-electron chi connectivity index (χ1n) is 8.06. The van der Waals surface area contributed by atoms with Crippen LogP contribution in [0.25, 0.3) is 0 Å². The third-order valence-corrected chi connectivity index (χ3v) is 4.31. The molecule has 0 saturated heterocycles. The van der Waals surface area contributed by atoms with Crippen LogP contribution < -0.4 is 14.8 Å². The number of carboxylic acid groups (broad SMARTS) is 1. The Bertz CT molecular complexity index is 831. The van der Waals surface area contributed by atoms with Crippen molar-refractivity contribution >= 4 is 17.7 Å². The summed E-state index contributed by atoms with van der Waals surface area (Å²) in [6.45, 7) is 0.846. The van der Waals surface area contributed by atoms with Crippen molar-refractivity contribution < 1.29 is 24.2 Å². The standard InChI is InChI=1S/C17H17N3O5/c21-16(22)9-20-4-3-15(19-20)18-17(23)12-8-11(12)10-1-2-13-14(7-10)25-6-5-24-13/h1-4,7,11-12H,5-6,8-9H2,(H,21,22)(H,18,19,23)/t11-,12-/m1/s1. The Morgan fingerprint density at radius 2 is 2.04 bits per heavy atom. The quantitative estimate of drug-likeness (QED) is 0.852. The molecule has 1 aromatic carbocycles. The van der Waals surface area contributed by atoms with Crippen molar-refractivity contribution in [3.05, 3.63) is 36.0 Å². The zero-order chi connectivity index (χ0) is 17.4. The summed E-state index contributed by atoms with van der Waals surface area (Å²) < 4.78 is 12.4. The lowest BCUT2D eigenvalue weighted by molar-refractivity contribution is -0.137. The zero-order valence-corrected chi connectivity index (χ0v) is 13.3. The molecule has 4 rings (SSSR count). The minimum atomic E-state index is -0.984. The summed E-state index contributed by atoms with van der Waals surface area (Å²) in [7, 11) is 0. The molecule has 1 saturated carbocycles. The highest BCUT2D eigenvalue weighted by Crippen LogP contribution is 2.49. The number of benzene rings is 1. The predicted octanol–water partition coefficient (Wildman–Crippen LogP) is 1.48. The maximum Gasteiger partial charge on any atom is 0.325 e. The third-order valence-electron chi connectivity index (χ3n) is 4.31. The fraction of sp³-hybridized carbons (Fsp3) is 0.353. The first-order valence-corrected chi connectivity index (χ1v) is 8.06. The number of nitrogens with one attached hydrogen (secondary N) is 1. The van der Waals surface area contributed by atoms with Gasteiger partial charge in [0.2, 0.25) is 5.91 Å². The van der Waals surface area contributed by atoms with E-state index in [4.69, 9.17) is 14.6 Å². The maximum atomic E-state index is 12.3. The van der Waals surface area contributed by atoms with Crippen molar-refractivity contribution in [2.45, 2.75) is 18.9 Å². The van der Waals surface area contributed by atoms with E-state index < -0.39 is 5.97 Å². The number of rotatable bonds is 5. The van der Waals surface area contributed by atoms with Gasteiger partial charge in [-0.05, 0) is 30.0 Å². The lowest BCUT2D eigenvalue weighted by Gasteiger charge is -2.18. The molecule has 0 unspecified atom stereocenters. The van der Waals surface area contributed by atoms with Gasteiger partial charge in [-0.2, -0.15) is 5.10 Å². The Kier molecular flexibility index (Phi) is 3.79. The van der Waals surface area contributed by atoms with Gasteiger partial charge in [0, 0.05) is 18.2 Å². The molecule has 2 atom stereocenters. The molecule has 1 aliphatic heterocycles. The second-order valence-electron chi connectivity index (χ2n) is 6.13. The summed E-state index contributed by atoms with van der Waals surface area (Å²) in [4.78, 5) is 23.0. The summed E-state index contributed by atoms with van der Waals surface area (Å²) >= 11 is 0. The minimum Gasteiger partial charge on any atom is -0.486 e. The second kappa shape index (κ2) is 6.12. The number of carbonyl (C=O) groups excluding carboxylic acids is 1. The van der Waals surface area contributed by atoms with Crippen LogP contribution in [0.15, 0.2) is 30.5 Å². The fourth-order valence-electron chi connectivity index (χ4n) is 3.02. The molecule has 2 aromatic rings. The van der Waals surface area contributed by atoms with E-state index >= 15 is 0 Å². The first-order chi connectivity index (χ1) is 12.1. The number of carboxylic acids is 1. The Labute approximate surface area is 143 Å². The number of aromatic nitrogens is 2. The molecule has 2 aliphatic rings. The number of fused-ring (bicyclic) bond motifs is 1. The van der Waals surface area contributed by atoms with Crippen LogP contribution in [-0.4, -0.2) is 40.0 Å². The Hall–Kier alpha value is -3.03. The van der Waals surface area contributed by atoms with Crippen LogP contribution >= 0.6 is 0 Å². The van der Waals surface area contributed by atoms with Gasteiger partial charge in [0.15, 0.2) is 17.3 Å². The normalized spacial score (nSPS) is 20.8. The molecule has 25 heavy (non-hydrogen) atoms. The molecule has 1 aromatic heterocycles. The van der Waals surface area contributed by atoms with Gasteiger partial charge in [0.1, 0.15) is 19.8 Å². The molecular weight excluding hydrogens is 326 g/mol. The summed E-state index contributed by atoms with van der Waals surface area (Å²) in [6.07, 6.45) is 2.29. The van der Waals surface area contributed by atoms with E-state index in [-0.39, 0.29) is 24.3 Å². The highest BCUT2D eigenvalue weighted by atomic mass is 16.6. The van der Waals surface area contributed by atoms with Crippen LogP contribution in [0.2, 0.25) is 0 Å². The molecule has 8 heteroatoms. The van der Waals surface area contributed by atoms with Gasteiger partial charge in [-0.15, -0.1) is 0 Å². The van der Waals surface area contributed by atoms with Crippen molar-refractivity contribution in [2.75, 3.05) is 18.5 Å². The number of hydrogen-bond acceptors (Lipinski definition) is 5. The largest absolute Gasteiger partial charge is 0.486 e. The Balaban J connectivity index is 1.38. The van der Waals surface area contributed by atoms with Crippen molar-refractivity contribution in [1.29, 1.82) is 0 Å². The molecule has 2 heterocycles. The first kappa shape index (κ1) is 15.5. The molecule has 8 nitrogen and oxygen atoms in total. The monoisotopic (exact) mass is 343 g/mol. The van der Waals surface area contributed by atoms with E-state index in [9.17, 15) is 9.59 Å². The van der Waals surface area contributed by atoms with Crippen molar-refractivity contribution in [1.82, 2.24) is 9.78 Å². The molecular formula is C17H17N3O5. The highest BCUT2D eigenvalue weighted by molar-refractivity contribution is 5.94. The molecule has 1 amide bonds. The number of carbonyl (C=O) groups is 2. The van der Waals surface area contributed by atoms with Crippen LogP contribution in [0.4, 0.5) is 5.82 Å². The smallest absolute Gasteiger partial charge is 0.325 e. The van der Waals surface area contributed by atoms with Gasteiger partial charge in [-0.1, -0.05) is 6.07 Å². The number of anilines is 1.